The number of halogens is 11. The van der Waals surface area contributed by atoms with Gasteiger partial charge in [-0.15, -0.1) is 0 Å². The van der Waals surface area contributed by atoms with E-state index in [4.69, 9.17) is 0 Å². The van der Waals surface area contributed by atoms with E-state index in [1.165, 1.54) is 0 Å². The molecule has 0 aromatic heterocycles. The standard InChI is InChI=1S/C8H5F11O/c1-3(10,11)6(14)4(12,2-9)5(13,7(15,16)17)8(18,19)20-6/h2H2,1H3. The summed E-state index contributed by atoms with van der Waals surface area (Å²) in [4.78, 5) is 0. The number of hydrogen-bond acceptors (Lipinski definition) is 1. The Kier molecular flexibility index (Phi) is 3.35. The van der Waals surface area contributed by atoms with E-state index < -0.39 is 49.0 Å². The molecule has 0 bridgehead atoms. The van der Waals surface area contributed by atoms with Gasteiger partial charge in [0.05, 0.1) is 0 Å². The molecule has 0 aromatic rings. The summed E-state index contributed by atoms with van der Waals surface area (Å²) in [5.41, 5.74) is -12.6. The van der Waals surface area contributed by atoms with E-state index in [0.717, 1.165) is 0 Å². The monoisotopic (exact) mass is 326 g/mol. The highest BCUT2D eigenvalue weighted by Gasteiger charge is 2.97. The van der Waals surface area contributed by atoms with Gasteiger partial charge in [-0.3, -0.25) is 4.74 Å². The molecule has 12 heteroatoms. The van der Waals surface area contributed by atoms with Crippen molar-refractivity contribution < 1.29 is 53.0 Å². The minimum absolute atomic E-state index is 0.658. The van der Waals surface area contributed by atoms with Crippen molar-refractivity contribution in [3.63, 3.8) is 0 Å². The first kappa shape index (κ1) is 17.2. The van der Waals surface area contributed by atoms with Crippen molar-refractivity contribution in [2.75, 3.05) is 6.67 Å². The van der Waals surface area contributed by atoms with Crippen molar-refractivity contribution >= 4 is 0 Å². The zero-order valence-corrected chi connectivity index (χ0v) is 9.27. The first-order valence-electron chi connectivity index (χ1n) is 4.67. The molecule has 0 spiro atoms. The van der Waals surface area contributed by atoms with Crippen LogP contribution in [0.15, 0.2) is 0 Å². The zero-order chi connectivity index (χ0) is 16.4. The molecule has 0 saturated carbocycles. The Morgan fingerprint density at radius 3 is 1.55 bits per heavy atom. The molecule has 3 unspecified atom stereocenters. The molecule has 1 aliphatic heterocycles. The minimum Gasteiger partial charge on any atom is -0.271 e. The third-order valence-electron chi connectivity index (χ3n) is 2.86. The topological polar surface area (TPSA) is 9.23 Å². The Hall–Kier alpha value is -0.810. The van der Waals surface area contributed by atoms with Gasteiger partial charge in [0.2, 0.25) is 0 Å². The summed E-state index contributed by atoms with van der Waals surface area (Å²) >= 11 is 0. The van der Waals surface area contributed by atoms with Gasteiger partial charge in [-0.1, -0.05) is 0 Å². The fourth-order valence-corrected chi connectivity index (χ4v) is 1.79. The van der Waals surface area contributed by atoms with E-state index in [-0.39, 0.29) is 0 Å². The molecule has 1 fully saturated rings. The maximum Gasteiger partial charge on any atom is 0.434 e. The van der Waals surface area contributed by atoms with Gasteiger partial charge in [-0.05, 0) is 0 Å². The van der Waals surface area contributed by atoms with Gasteiger partial charge in [-0.25, -0.2) is 26.3 Å². The molecule has 0 aromatic carbocycles. The van der Waals surface area contributed by atoms with Gasteiger partial charge in [0, 0.05) is 6.92 Å². The first-order valence-corrected chi connectivity index (χ1v) is 4.67. The fourth-order valence-electron chi connectivity index (χ4n) is 1.79. The molecule has 0 N–H and O–H groups in total. The lowest BCUT2D eigenvalue weighted by molar-refractivity contribution is -0.381. The van der Waals surface area contributed by atoms with Crippen LogP contribution in [-0.2, 0) is 4.74 Å². The molecule has 1 aliphatic rings. The molecule has 120 valence electrons. The van der Waals surface area contributed by atoms with Crippen LogP contribution in [0.25, 0.3) is 0 Å². The van der Waals surface area contributed by atoms with Crippen LogP contribution in [0.2, 0.25) is 0 Å². The van der Waals surface area contributed by atoms with Gasteiger partial charge >= 0.3 is 29.7 Å². The van der Waals surface area contributed by atoms with E-state index in [0.29, 0.717) is 0 Å². The van der Waals surface area contributed by atoms with Gasteiger partial charge in [0.15, 0.2) is 0 Å². The molecule has 1 saturated heterocycles. The Bertz CT molecular complexity index is 400. The van der Waals surface area contributed by atoms with Crippen molar-refractivity contribution in [1.29, 1.82) is 0 Å². The van der Waals surface area contributed by atoms with Crippen LogP contribution in [0.3, 0.4) is 0 Å². The van der Waals surface area contributed by atoms with Crippen molar-refractivity contribution in [2.24, 2.45) is 0 Å². The van der Waals surface area contributed by atoms with Crippen LogP contribution in [0.4, 0.5) is 48.3 Å². The maximum atomic E-state index is 13.7. The van der Waals surface area contributed by atoms with Crippen molar-refractivity contribution in [2.45, 2.75) is 42.3 Å². The maximum absolute atomic E-state index is 13.7. The number of rotatable bonds is 2. The van der Waals surface area contributed by atoms with Crippen LogP contribution in [0.5, 0.6) is 0 Å². The molecular weight excluding hydrogens is 321 g/mol. The second-order valence-electron chi connectivity index (χ2n) is 4.19. The van der Waals surface area contributed by atoms with E-state index in [1.54, 1.807) is 0 Å². The summed E-state index contributed by atoms with van der Waals surface area (Å²) in [5, 5.41) is 0. The van der Waals surface area contributed by atoms with E-state index in [1.807, 2.05) is 0 Å². The highest BCUT2D eigenvalue weighted by molar-refractivity contribution is 5.24. The largest absolute Gasteiger partial charge is 0.434 e. The lowest BCUT2D eigenvalue weighted by Crippen LogP contribution is -2.69. The first-order chi connectivity index (χ1) is 8.52. The van der Waals surface area contributed by atoms with Crippen molar-refractivity contribution in [1.82, 2.24) is 0 Å². The van der Waals surface area contributed by atoms with Crippen LogP contribution in [0.1, 0.15) is 6.92 Å². The molecule has 1 heterocycles. The number of alkyl halides is 11. The molecule has 1 nitrogen and oxygen atoms in total. The van der Waals surface area contributed by atoms with Gasteiger partial charge in [0.25, 0.3) is 5.67 Å². The van der Waals surface area contributed by atoms with Gasteiger partial charge in [-0.2, -0.15) is 22.0 Å². The van der Waals surface area contributed by atoms with E-state index in [9.17, 15) is 48.3 Å². The fraction of sp³-hybridized carbons (Fsp3) is 1.00. The van der Waals surface area contributed by atoms with Crippen LogP contribution >= 0.6 is 0 Å². The molecule has 0 radical (unpaired) electrons. The summed E-state index contributed by atoms with van der Waals surface area (Å²) in [6, 6.07) is 0. The third-order valence-corrected chi connectivity index (χ3v) is 2.86. The second-order valence-corrected chi connectivity index (χ2v) is 4.19. The quantitative estimate of drug-likeness (QED) is 0.700. The van der Waals surface area contributed by atoms with Crippen molar-refractivity contribution in [3.05, 3.63) is 0 Å². The summed E-state index contributed by atoms with van der Waals surface area (Å²) < 4.78 is 144. The predicted octanol–water partition coefficient (Wildman–Crippen LogP) is 3.88. The molecule has 20 heavy (non-hydrogen) atoms. The Labute approximate surface area is 103 Å². The predicted molar refractivity (Wildman–Crippen MR) is 40.2 cm³/mol. The average molecular weight is 326 g/mol. The highest BCUT2D eigenvalue weighted by atomic mass is 19.4. The third kappa shape index (κ3) is 1.59. The van der Waals surface area contributed by atoms with Crippen LogP contribution in [0, 0.1) is 0 Å². The Balaban J connectivity index is 3.71. The van der Waals surface area contributed by atoms with Crippen LogP contribution < -0.4 is 0 Å². The lowest BCUT2D eigenvalue weighted by atomic mass is 9.80. The second kappa shape index (κ2) is 3.89. The molecule has 0 aliphatic carbocycles. The summed E-state index contributed by atoms with van der Waals surface area (Å²) in [6.45, 7) is -4.12. The number of ether oxygens (including phenoxy) is 1. The molecular formula is C8H5F11O. The van der Waals surface area contributed by atoms with Crippen LogP contribution in [-0.4, -0.2) is 42.1 Å². The highest BCUT2D eigenvalue weighted by Crippen LogP contribution is 2.67. The van der Waals surface area contributed by atoms with E-state index in [2.05, 4.69) is 4.74 Å². The summed E-state index contributed by atoms with van der Waals surface area (Å²) in [7, 11) is 0. The number of hydrogen-bond donors (Lipinski definition) is 0. The Morgan fingerprint density at radius 2 is 1.30 bits per heavy atom. The summed E-state index contributed by atoms with van der Waals surface area (Å²) in [6.07, 6.45) is -13.3. The molecule has 0 amide bonds. The van der Waals surface area contributed by atoms with Crippen molar-refractivity contribution in [3.8, 4) is 0 Å². The SMILES string of the molecule is CC(F)(F)C1(F)OC(F)(F)C(F)(C(F)(F)F)C1(F)CF. The molecule has 1 rings (SSSR count). The van der Waals surface area contributed by atoms with Gasteiger partial charge < -0.3 is 0 Å². The lowest BCUT2D eigenvalue weighted by Gasteiger charge is -2.38. The zero-order valence-electron chi connectivity index (χ0n) is 9.27. The normalized spacial score (nSPS) is 42.0. The minimum atomic E-state index is -6.92. The summed E-state index contributed by atoms with van der Waals surface area (Å²) in [5.74, 6) is -11.3. The average Bonchev–Trinajstić information content (AvgIpc) is 2.34. The Morgan fingerprint density at radius 1 is 0.900 bits per heavy atom. The smallest absolute Gasteiger partial charge is 0.271 e. The van der Waals surface area contributed by atoms with E-state index >= 15 is 0 Å². The molecule has 3 atom stereocenters. The van der Waals surface area contributed by atoms with Gasteiger partial charge in [0.1, 0.15) is 6.67 Å².